The molecule has 0 atom stereocenters. The number of amides is 2. The number of carbonyl (C=O) groups excluding carboxylic acids is 2. The molecule has 0 fully saturated rings. The summed E-state index contributed by atoms with van der Waals surface area (Å²) >= 11 is 0. The Bertz CT molecular complexity index is 1040. The average molecular weight is 451 g/mol. The van der Waals surface area contributed by atoms with Crippen molar-refractivity contribution in [1.29, 1.82) is 0 Å². The highest BCUT2D eigenvalue weighted by Gasteiger charge is 2.20. The molecule has 3 aromatic carbocycles. The van der Waals surface area contributed by atoms with Crippen molar-refractivity contribution < 1.29 is 23.5 Å². The predicted octanol–water partition coefficient (Wildman–Crippen LogP) is 4.06. The van der Waals surface area contributed by atoms with E-state index in [2.05, 4.69) is 5.32 Å². The Balaban J connectivity index is 1.54. The number of nitrogens with one attached hydrogen (secondary N) is 1. The lowest BCUT2D eigenvalue weighted by Crippen LogP contribution is -2.40. The van der Waals surface area contributed by atoms with Gasteiger partial charge in [-0.25, -0.2) is 4.39 Å². The zero-order chi connectivity index (χ0) is 23.5. The monoisotopic (exact) mass is 450 g/mol. The van der Waals surface area contributed by atoms with E-state index in [0.29, 0.717) is 24.5 Å². The smallest absolute Gasteiger partial charge is 0.258 e. The number of benzene rings is 3. The van der Waals surface area contributed by atoms with Crippen molar-refractivity contribution in [3.8, 4) is 11.5 Å². The maximum atomic E-state index is 13.1. The summed E-state index contributed by atoms with van der Waals surface area (Å²) in [5.41, 5.74) is 1.15. The first-order chi connectivity index (χ1) is 16.1. The molecule has 172 valence electrons. The maximum absolute atomic E-state index is 13.1. The third-order valence-corrected chi connectivity index (χ3v) is 4.88. The quantitative estimate of drug-likeness (QED) is 0.448. The van der Waals surface area contributed by atoms with Gasteiger partial charge in [-0.1, -0.05) is 42.5 Å². The summed E-state index contributed by atoms with van der Waals surface area (Å²) < 4.78 is 24.4. The zero-order valence-corrected chi connectivity index (χ0v) is 18.5. The number of ether oxygens (including phenoxy) is 2. The second kappa shape index (κ2) is 12.2. The van der Waals surface area contributed by atoms with Gasteiger partial charge in [-0.15, -0.1) is 0 Å². The number of nitrogens with zero attached hydrogens (tertiary/aromatic N) is 1. The average Bonchev–Trinajstić information content (AvgIpc) is 2.85. The van der Waals surface area contributed by atoms with Gasteiger partial charge in [0, 0.05) is 13.1 Å². The number of rotatable bonds is 11. The fraction of sp³-hybridized carbons (Fsp3) is 0.231. The molecule has 0 aliphatic carbocycles. The van der Waals surface area contributed by atoms with Gasteiger partial charge in [-0.3, -0.25) is 9.59 Å². The van der Waals surface area contributed by atoms with E-state index in [1.807, 2.05) is 37.3 Å². The minimum Gasteiger partial charge on any atom is -0.490 e. The van der Waals surface area contributed by atoms with Crippen LogP contribution in [0.3, 0.4) is 0 Å². The maximum Gasteiger partial charge on any atom is 0.258 e. The van der Waals surface area contributed by atoms with E-state index in [1.165, 1.54) is 17.0 Å². The van der Waals surface area contributed by atoms with Gasteiger partial charge in [-0.05, 0) is 48.9 Å². The lowest BCUT2D eigenvalue weighted by Gasteiger charge is -2.22. The molecule has 7 heteroatoms. The topological polar surface area (TPSA) is 67.9 Å². The minimum atomic E-state index is -0.333. The number of likely N-dealkylation sites (N-methyl/N-ethyl adjacent to an activating group) is 1. The second-order valence-electron chi connectivity index (χ2n) is 7.23. The van der Waals surface area contributed by atoms with Gasteiger partial charge in [-0.2, -0.15) is 0 Å². The van der Waals surface area contributed by atoms with E-state index in [9.17, 15) is 14.0 Å². The molecule has 0 aromatic heterocycles. The van der Waals surface area contributed by atoms with Crippen LogP contribution in [0.2, 0.25) is 0 Å². The summed E-state index contributed by atoms with van der Waals surface area (Å²) in [6.07, 6.45) is 0. The lowest BCUT2D eigenvalue weighted by atomic mass is 10.1. The van der Waals surface area contributed by atoms with Crippen LogP contribution in [0.1, 0.15) is 22.8 Å². The molecule has 0 bridgehead atoms. The van der Waals surface area contributed by atoms with Gasteiger partial charge >= 0.3 is 0 Å². The Kier molecular flexibility index (Phi) is 8.82. The highest BCUT2D eigenvalue weighted by Crippen LogP contribution is 2.20. The number of hydrogen-bond donors (Lipinski definition) is 1. The van der Waals surface area contributed by atoms with Crippen LogP contribution < -0.4 is 14.8 Å². The van der Waals surface area contributed by atoms with E-state index in [0.717, 1.165) is 11.3 Å². The lowest BCUT2D eigenvalue weighted by molar-refractivity contribution is -0.121. The molecule has 3 aromatic rings. The summed E-state index contributed by atoms with van der Waals surface area (Å²) in [7, 11) is 0. The molecule has 0 aliphatic rings. The van der Waals surface area contributed by atoms with Crippen molar-refractivity contribution in [2.45, 2.75) is 13.5 Å². The van der Waals surface area contributed by atoms with Crippen LogP contribution in [0.25, 0.3) is 0 Å². The van der Waals surface area contributed by atoms with Gasteiger partial charge in [0.05, 0.1) is 12.1 Å². The molecular formula is C26H27FN2O4. The standard InChI is InChI=1S/C26H27FN2O4/c1-2-29(19-25(30)28-18-20-12-14-21(27)15-13-20)26(31)23-10-6-7-11-24(23)33-17-16-32-22-8-4-3-5-9-22/h3-15H,2,16-19H2,1H3,(H,28,30). The second-order valence-corrected chi connectivity index (χ2v) is 7.23. The molecule has 0 aliphatic heterocycles. The Hall–Kier alpha value is -3.87. The molecule has 2 amide bonds. The van der Waals surface area contributed by atoms with E-state index in [-0.39, 0.29) is 37.3 Å². The summed E-state index contributed by atoms with van der Waals surface area (Å²) in [5.74, 6) is 0.247. The molecular weight excluding hydrogens is 423 g/mol. The van der Waals surface area contributed by atoms with Crippen molar-refractivity contribution in [1.82, 2.24) is 10.2 Å². The normalized spacial score (nSPS) is 10.4. The SMILES string of the molecule is CCN(CC(=O)NCc1ccc(F)cc1)C(=O)c1ccccc1OCCOc1ccccc1. The van der Waals surface area contributed by atoms with Gasteiger partial charge in [0.1, 0.15) is 30.5 Å². The summed E-state index contributed by atoms with van der Waals surface area (Å²) in [6.45, 7) is 2.92. The highest BCUT2D eigenvalue weighted by atomic mass is 19.1. The number of halogens is 1. The van der Waals surface area contributed by atoms with Gasteiger partial charge in [0.2, 0.25) is 5.91 Å². The number of para-hydroxylation sites is 2. The molecule has 0 radical (unpaired) electrons. The van der Waals surface area contributed by atoms with E-state index < -0.39 is 0 Å². The van der Waals surface area contributed by atoms with Crippen LogP contribution in [0.5, 0.6) is 11.5 Å². The van der Waals surface area contributed by atoms with Gasteiger partial charge in [0.15, 0.2) is 0 Å². The first-order valence-electron chi connectivity index (χ1n) is 10.8. The molecule has 6 nitrogen and oxygen atoms in total. The Morgan fingerprint density at radius 1 is 0.879 bits per heavy atom. The van der Waals surface area contributed by atoms with E-state index >= 15 is 0 Å². The van der Waals surface area contributed by atoms with Crippen LogP contribution in [-0.4, -0.2) is 43.0 Å². The molecule has 3 rings (SSSR count). The van der Waals surface area contributed by atoms with Crippen molar-refractivity contribution in [2.75, 3.05) is 26.3 Å². The van der Waals surface area contributed by atoms with Crippen molar-refractivity contribution in [3.05, 3.63) is 95.8 Å². The molecule has 0 unspecified atom stereocenters. The highest BCUT2D eigenvalue weighted by molar-refractivity contribution is 5.98. The molecule has 0 heterocycles. The van der Waals surface area contributed by atoms with Crippen LogP contribution >= 0.6 is 0 Å². The van der Waals surface area contributed by atoms with E-state index in [1.54, 1.807) is 36.4 Å². The first-order valence-corrected chi connectivity index (χ1v) is 10.8. The third-order valence-electron chi connectivity index (χ3n) is 4.88. The Morgan fingerprint density at radius 3 is 2.27 bits per heavy atom. The molecule has 0 saturated heterocycles. The summed E-state index contributed by atoms with van der Waals surface area (Å²) in [4.78, 5) is 26.9. The van der Waals surface area contributed by atoms with Crippen LogP contribution in [0.4, 0.5) is 4.39 Å². The number of hydrogen-bond acceptors (Lipinski definition) is 4. The fourth-order valence-electron chi connectivity index (χ4n) is 3.13. The van der Waals surface area contributed by atoms with Crippen LogP contribution in [0, 0.1) is 5.82 Å². The van der Waals surface area contributed by atoms with Crippen LogP contribution in [-0.2, 0) is 11.3 Å². The largest absolute Gasteiger partial charge is 0.490 e. The Labute approximate surface area is 192 Å². The molecule has 0 saturated carbocycles. The summed E-state index contributed by atoms with van der Waals surface area (Å²) in [6, 6.07) is 22.2. The molecule has 0 spiro atoms. The minimum absolute atomic E-state index is 0.0953. The van der Waals surface area contributed by atoms with Gasteiger partial charge in [0.25, 0.3) is 5.91 Å². The predicted molar refractivity (Wildman–Crippen MR) is 124 cm³/mol. The Morgan fingerprint density at radius 2 is 1.55 bits per heavy atom. The third kappa shape index (κ3) is 7.35. The van der Waals surface area contributed by atoms with Crippen molar-refractivity contribution in [2.24, 2.45) is 0 Å². The summed E-state index contributed by atoms with van der Waals surface area (Å²) in [5, 5.41) is 2.76. The molecule has 33 heavy (non-hydrogen) atoms. The molecule has 1 N–H and O–H groups in total. The zero-order valence-electron chi connectivity index (χ0n) is 18.5. The van der Waals surface area contributed by atoms with Gasteiger partial charge < -0.3 is 19.7 Å². The first kappa shape index (κ1) is 23.8. The number of carbonyl (C=O) groups is 2. The van der Waals surface area contributed by atoms with Crippen molar-refractivity contribution >= 4 is 11.8 Å². The fourth-order valence-corrected chi connectivity index (χ4v) is 3.13. The van der Waals surface area contributed by atoms with Crippen molar-refractivity contribution in [3.63, 3.8) is 0 Å². The van der Waals surface area contributed by atoms with Crippen LogP contribution in [0.15, 0.2) is 78.9 Å². The van der Waals surface area contributed by atoms with E-state index in [4.69, 9.17) is 9.47 Å².